The lowest BCUT2D eigenvalue weighted by molar-refractivity contribution is 0.402. The number of methoxy groups -OCH3 is 1. The van der Waals surface area contributed by atoms with Crippen molar-refractivity contribution in [2.45, 2.75) is 32.6 Å². The number of anilines is 1. The molecule has 0 aliphatic rings. The normalized spacial score (nSPS) is 11.3. The van der Waals surface area contributed by atoms with Gasteiger partial charge in [0.1, 0.15) is 10.6 Å². The fourth-order valence-electron chi connectivity index (χ4n) is 2.53. The van der Waals surface area contributed by atoms with E-state index in [2.05, 4.69) is 4.72 Å². The summed E-state index contributed by atoms with van der Waals surface area (Å²) >= 11 is 0. The first-order valence-electron chi connectivity index (χ1n) is 7.00. The fourth-order valence-corrected chi connectivity index (χ4v) is 3.88. The number of aryl methyl sites for hydroxylation is 4. The Kier molecular flexibility index (Phi) is 4.47. The molecule has 0 saturated heterocycles. The van der Waals surface area contributed by atoms with E-state index in [-0.39, 0.29) is 4.90 Å². The van der Waals surface area contributed by atoms with Crippen LogP contribution in [0.3, 0.4) is 0 Å². The average Bonchev–Trinajstić information content (AvgIpc) is 2.42. The molecular weight excluding hydrogens is 298 g/mol. The van der Waals surface area contributed by atoms with Gasteiger partial charge in [0.05, 0.1) is 12.8 Å². The molecule has 0 aromatic heterocycles. The minimum atomic E-state index is -3.71. The highest BCUT2D eigenvalue weighted by atomic mass is 32.2. The molecule has 2 rings (SSSR count). The number of hydrogen-bond acceptors (Lipinski definition) is 3. The fraction of sp³-hybridized carbons (Fsp3) is 0.294. The van der Waals surface area contributed by atoms with Crippen molar-refractivity contribution in [3.05, 3.63) is 52.6 Å². The molecule has 4 nitrogen and oxygen atoms in total. The Bertz CT molecular complexity index is 788. The summed E-state index contributed by atoms with van der Waals surface area (Å²) in [7, 11) is -2.24. The van der Waals surface area contributed by atoms with Gasteiger partial charge in [-0.3, -0.25) is 4.72 Å². The van der Waals surface area contributed by atoms with E-state index in [1.807, 2.05) is 39.8 Å². The highest BCUT2D eigenvalue weighted by Gasteiger charge is 2.21. The standard InChI is InChI=1S/C17H21NO3S/c1-11-6-7-16(15(10-11)21-5)22(19,20)18-17-13(3)8-12(2)9-14(17)4/h6-10,18H,1-5H3. The largest absolute Gasteiger partial charge is 0.495 e. The van der Waals surface area contributed by atoms with E-state index < -0.39 is 10.0 Å². The Morgan fingerprint density at radius 3 is 2.05 bits per heavy atom. The third-order valence-corrected chi connectivity index (χ3v) is 4.91. The lowest BCUT2D eigenvalue weighted by Gasteiger charge is -2.16. The minimum absolute atomic E-state index is 0.139. The Labute approximate surface area is 132 Å². The first kappa shape index (κ1) is 16.4. The topological polar surface area (TPSA) is 55.4 Å². The van der Waals surface area contributed by atoms with Gasteiger partial charge >= 0.3 is 0 Å². The Morgan fingerprint density at radius 1 is 0.909 bits per heavy atom. The van der Waals surface area contributed by atoms with Crippen LogP contribution in [0, 0.1) is 27.7 Å². The Balaban J connectivity index is 2.49. The predicted octanol–water partition coefficient (Wildman–Crippen LogP) is 3.73. The van der Waals surface area contributed by atoms with Crippen LogP contribution in [0.5, 0.6) is 5.75 Å². The Morgan fingerprint density at radius 2 is 1.50 bits per heavy atom. The maximum atomic E-state index is 12.7. The summed E-state index contributed by atoms with van der Waals surface area (Å²) in [6, 6.07) is 8.94. The molecule has 0 aliphatic heterocycles. The van der Waals surface area contributed by atoms with Gasteiger partial charge in [0.2, 0.25) is 0 Å². The summed E-state index contributed by atoms with van der Waals surface area (Å²) in [5, 5.41) is 0. The lowest BCUT2D eigenvalue weighted by atomic mass is 10.1. The second kappa shape index (κ2) is 6.01. The number of nitrogens with one attached hydrogen (secondary N) is 1. The third-order valence-electron chi connectivity index (χ3n) is 3.52. The third kappa shape index (κ3) is 3.25. The van der Waals surface area contributed by atoms with Crippen molar-refractivity contribution >= 4 is 15.7 Å². The van der Waals surface area contributed by atoms with Crippen LogP contribution in [0.15, 0.2) is 35.2 Å². The second-order valence-corrected chi connectivity index (χ2v) is 7.18. The van der Waals surface area contributed by atoms with Crippen molar-refractivity contribution in [3.8, 4) is 5.75 Å². The molecule has 0 fully saturated rings. The van der Waals surface area contributed by atoms with Gasteiger partial charge in [-0.1, -0.05) is 23.8 Å². The van der Waals surface area contributed by atoms with Crippen molar-refractivity contribution in [1.82, 2.24) is 0 Å². The van der Waals surface area contributed by atoms with Crippen molar-refractivity contribution in [2.24, 2.45) is 0 Å². The maximum absolute atomic E-state index is 12.7. The molecule has 2 aromatic carbocycles. The van der Waals surface area contributed by atoms with E-state index in [1.54, 1.807) is 18.2 Å². The highest BCUT2D eigenvalue weighted by Crippen LogP contribution is 2.29. The van der Waals surface area contributed by atoms with Crippen LogP contribution in [-0.4, -0.2) is 15.5 Å². The van der Waals surface area contributed by atoms with E-state index in [0.717, 1.165) is 22.3 Å². The van der Waals surface area contributed by atoms with Gasteiger partial charge in [0, 0.05) is 0 Å². The summed E-state index contributed by atoms with van der Waals surface area (Å²) < 4.78 is 33.3. The van der Waals surface area contributed by atoms with Crippen LogP contribution in [0.1, 0.15) is 22.3 Å². The average molecular weight is 319 g/mol. The SMILES string of the molecule is COc1cc(C)ccc1S(=O)(=O)Nc1c(C)cc(C)cc1C. The number of benzene rings is 2. The zero-order valence-corrected chi connectivity index (χ0v) is 14.3. The van der Waals surface area contributed by atoms with Gasteiger partial charge in [-0.25, -0.2) is 8.42 Å². The molecular formula is C17H21NO3S. The second-order valence-electron chi connectivity index (χ2n) is 5.53. The van der Waals surface area contributed by atoms with Gasteiger partial charge in [-0.05, 0) is 56.5 Å². The molecule has 2 aromatic rings. The molecule has 0 atom stereocenters. The summed E-state index contributed by atoms with van der Waals surface area (Å²) in [5.74, 6) is 0.343. The van der Waals surface area contributed by atoms with E-state index in [4.69, 9.17) is 4.74 Å². The number of hydrogen-bond donors (Lipinski definition) is 1. The minimum Gasteiger partial charge on any atom is -0.495 e. The molecule has 1 N–H and O–H groups in total. The number of ether oxygens (including phenoxy) is 1. The van der Waals surface area contributed by atoms with Crippen molar-refractivity contribution < 1.29 is 13.2 Å². The first-order valence-corrected chi connectivity index (χ1v) is 8.48. The molecule has 0 radical (unpaired) electrons. The van der Waals surface area contributed by atoms with Crippen LogP contribution in [0.25, 0.3) is 0 Å². The smallest absolute Gasteiger partial charge is 0.265 e. The Hall–Kier alpha value is -2.01. The molecule has 5 heteroatoms. The van der Waals surface area contributed by atoms with Gasteiger partial charge in [-0.2, -0.15) is 0 Å². The zero-order chi connectivity index (χ0) is 16.5. The molecule has 0 aliphatic carbocycles. The van der Waals surface area contributed by atoms with Gasteiger partial charge < -0.3 is 4.74 Å². The van der Waals surface area contributed by atoms with Crippen LogP contribution >= 0.6 is 0 Å². The van der Waals surface area contributed by atoms with E-state index >= 15 is 0 Å². The van der Waals surface area contributed by atoms with Crippen LogP contribution in [-0.2, 0) is 10.0 Å². The number of sulfonamides is 1. The van der Waals surface area contributed by atoms with Crippen molar-refractivity contribution in [1.29, 1.82) is 0 Å². The molecule has 0 spiro atoms. The summed E-state index contributed by atoms with van der Waals surface area (Å²) in [6.07, 6.45) is 0. The maximum Gasteiger partial charge on any atom is 0.265 e. The van der Waals surface area contributed by atoms with Gasteiger partial charge in [-0.15, -0.1) is 0 Å². The summed E-state index contributed by atoms with van der Waals surface area (Å²) in [5.41, 5.74) is 4.46. The van der Waals surface area contributed by atoms with E-state index in [0.29, 0.717) is 11.4 Å². The molecule has 22 heavy (non-hydrogen) atoms. The molecule has 0 unspecified atom stereocenters. The first-order chi connectivity index (χ1) is 10.2. The van der Waals surface area contributed by atoms with Crippen LogP contribution in [0.4, 0.5) is 5.69 Å². The lowest BCUT2D eigenvalue weighted by Crippen LogP contribution is -2.16. The van der Waals surface area contributed by atoms with Gasteiger partial charge in [0.25, 0.3) is 10.0 Å². The number of rotatable bonds is 4. The van der Waals surface area contributed by atoms with Gasteiger partial charge in [0.15, 0.2) is 0 Å². The predicted molar refractivity (Wildman–Crippen MR) is 89.2 cm³/mol. The van der Waals surface area contributed by atoms with Crippen molar-refractivity contribution in [2.75, 3.05) is 11.8 Å². The van der Waals surface area contributed by atoms with E-state index in [1.165, 1.54) is 7.11 Å². The van der Waals surface area contributed by atoms with Crippen molar-refractivity contribution in [3.63, 3.8) is 0 Å². The summed E-state index contributed by atoms with van der Waals surface area (Å²) in [4.78, 5) is 0.139. The monoisotopic (exact) mass is 319 g/mol. The highest BCUT2D eigenvalue weighted by molar-refractivity contribution is 7.92. The molecule has 118 valence electrons. The van der Waals surface area contributed by atoms with Crippen LogP contribution in [0.2, 0.25) is 0 Å². The van der Waals surface area contributed by atoms with Crippen LogP contribution < -0.4 is 9.46 Å². The molecule has 0 heterocycles. The molecule has 0 saturated carbocycles. The molecule has 0 amide bonds. The quantitative estimate of drug-likeness (QED) is 0.934. The summed E-state index contributed by atoms with van der Waals surface area (Å²) in [6.45, 7) is 7.66. The molecule has 0 bridgehead atoms. The zero-order valence-electron chi connectivity index (χ0n) is 13.5. The van der Waals surface area contributed by atoms with E-state index in [9.17, 15) is 8.42 Å².